The number of halogens is 2. The van der Waals surface area contributed by atoms with Crippen molar-refractivity contribution in [2.24, 2.45) is 5.92 Å². The maximum Gasteiger partial charge on any atom is 0.278 e. The van der Waals surface area contributed by atoms with E-state index >= 15 is 0 Å². The van der Waals surface area contributed by atoms with Gasteiger partial charge in [0.1, 0.15) is 0 Å². The number of ether oxygens (including phenoxy) is 1. The van der Waals surface area contributed by atoms with Crippen LogP contribution in [0.15, 0.2) is 36.7 Å². The van der Waals surface area contributed by atoms with E-state index in [1.54, 1.807) is 0 Å². The Kier molecular flexibility index (Phi) is 5.30. The second-order valence-corrected chi connectivity index (χ2v) is 8.32. The van der Waals surface area contributed by atoms with Gasteiger partial charge in [0.25, 0.3) is 5.92 Å². The summed E-state index contributed by atoms with van der Waals surface area (Å²) in [6, 6.07) is 5.97. The number of aromatic nitrogens is 2. The van der Waals surface area contributed by atoms with Crippen molar-refractivity contribution in [3.05, 3.63) is 59.1 Å². The molecule has 0 aliphatic heterocycles. The number of hydrogen-bond acceptors (Lipinski definition) is 4. The van der Waals surface area contributed by atoms with Gasteiger partial charge >= 0.3 is 0 Å². The van der Waals surface area contributed by atoms with Gasteiger partial charge in [-0.15, -0.1) is 0 Å². The fourth-order valence-electron chi connectivity index (χ4n) is 3.99. The predicted octanol–water partition coefficient (Wildman–Crippen LogP) is 4.62. The number of nitrogens with one attached hydrogen (secondary N) is 1. The van der Waals surface area contributed by atoms with E-state index in [9.17, 15) is 13.6 Å². The molecule has 4 rings (SSSR count). The molecule has 2 aliphatic carbocycles. The molecule has 1 aromatic heterocycles. The van der Waals surface area contributed by atoms with Crippen LogP contribution < -0.4 is 10.1 Å². The Balaban J connectivity index is 1.35. The highest BCUT2D eigenvalue weighted by Crippen LogP contribution is 2.51. The lowest BCUT2D eigenvalue weighted by molar-refractivity contribution is -0.123. The van der Waals surface area contributed by atoms with E-state index in [0.29, 0.717) is 11.6 Å². The van der Waals surface area contributed by atoms with Crippen molar-refractivity contribution in [2.75, 3.05) is 6.61 Å². The second kappa shape index (κ2) is 7.78. The van der Waals surface area contributed by atoms with E-state index in [-0.39, 0.29) is 29.7 Å². The fraction of sp³-hybridized carbons (Fsp3) is 0.435. The van der Waals surface area contributed by atoms with Crippen molar-refractivity contribution in [3.8, 4) is 5.88 Å². The zero-order chi connectivity index (χ0) is 21.5. The summed E-state index contributed by atoms with van der Waals surface area (Å²) in [5.41, 5.74) is 4.41. The molecule has 1 fully saturated rings. The van der Waals surface area contributed by atoms with Crippen LogP contribution in [0.5, 0.6) is 5.88 Å². The van der Waals surface area contributed by atoms with Gasteiger partial charge in [-0.25, -0.2) is 13.8 Å². The summed E-state index contributed by atoms with van der Waals surface area (Å²) < 4.78 is 30.7. The second-order valence-electron chi connectivity index (χ2n) is 8.32. The van der Waals surface area contributed by atoms with Crippen LogP contribution >= 0.6 is 0 Å². The SMILES string of the molecule is CC1C=Cc2cccc(C3CC3C(=O)NC(C)c3cnc(OCC(C)(F)F)cn3)c21. The maximum absolute atomic E-state index is 12.9. The number of benzene rings is 1. The van der Waals surface area contributed by atoms with E-state index in [4.69, 9.17) is 4.74 Å². The van der Waals surface area contributed by atoms with E-state index in [1.807, 2.05) is 6.92 Å². The highest BCUT2D eigenvalue weighted by molar-refractivity contribution is 5.83. The summed E-state index contributed by atoms with van der Waals surface area (Å²) in [6.45, 7) is 4.03. The van der Waals surface area contributed by atoms with Crippen LogP contribution in [0, 0.1) is 5.92 Å². The van der Waals surface area contributed by atoms with Crippen molar-refractivity contribution in [1.82, 2.24) is 15.3 Å². The number of nitrogens with zero attached hydrogens (tertiary/aromatic N) is 2. The molecule has 5 nitrogen and oxygen atoms in total. The molecular formula is C23H25F2N3O2. The Morgan fingerprint density at radius 3 is 2.83 bits per heavy atom. The normalized spacial score (nSPS) is 23.0. The van der Waals surface area contributed by atoms with E-state index < -0.39 is 12.5 Å². The summed E-state index contributed by atoms with van der Waals surface area (Å²) in [5, 5.41) is 2.99. The zero-order valence-electron chi connectivity index (χ0n) is 17.2. The van der Waals surface area contributed by atoms with E-state index in [2.05, 4.69) is 52.6 Å². The van der Waals surface area contributed by atoms with Gasteiger partial charge in [0.05, 0.1) is 24.1 Å². The Bertz CT molecular complexity index is 969. The minimum absolute atomic E-state index is 0.00327. The summed E-state index contributed by atoms with van der Waals surface area (Å²) in [4.78, 5) is 20.9. The van der Waals surface area contributed by atoms with Crippen LogP contribution in [0.2, 0.25) is 0 Å². The van der Waals surface area contributed by atoms with Crippen LogP contribution in [-0.4, -0.2) is 28.4 Å². The molecule has 158 valence electrons. The quantitative estimate of drug-likeness (QED) is 0.719. The summed E-state index contributed by atoms with van der Waals surface area (Å²) in [5.74, 6) is -2.34. The highest BCUT2D eigenvalue weighted by atomic mass is 19.3. The predicted molar refractivity (Wildman–Crippen MR) is 109 cm³/mol. The molecule has 2 aliphatic rings. The first kappa shape index (κ1) is 20.4. The van der Waals surface area contributed by atoms with Gasteiger partial charge in [0, 0.05) is 18.8 Å². The third kappa shape index (κ3) is 4.35. The van der Waals surface area contributed by atoms with Crippen LogP contribution in [0.3, 0.4) is 0 Å². The van der Waals surface area contributed by atoms with Gasteiger partial charge in [-0.3, -0.25) is 9.78 Å². The van der Waals surface area contributed by atoms with Crippen molar-refractivity contribution < 1.29 is 18.3 Å². The summed E-state index contributed by atoms with van der Waals surface area (Å²) in [7, 11) is 0. The topological polar surface area (TPSA) is 64.1 Å². The first-order valence-corrected chi connectivity index (χ1v) is 10.2. The third-order valence-corrected chi connectivity index (χ3v) is 5.64. The van der Waals surface area contributed by atoms with Gasteiger partial charge in [-0.1, -0.05) is 37.3 Å². The number of carbonyl (C=O) groups is 1. The van der Waals surface area contributed by atoms with Crippen molar-refractivity contribution in [1.29, 1.82) is 0 Å². The molecule has 1 saturated carbocycles. The van der Waals surface area contributed by atoms with Crippen LogP contribution in [-0.2, 0) is 4.79 Å². The molecule has 1 heterocycles. The van der Waals surface area contributed by atoms with E-state index in [0.717, 1.165) is 13.3 Å². The average Bonchev–Trinajstić information content (AvgIpc) is 3.42. The molecule has 30 heavy (non-hydrogen) atoms. The molecular weight excluding hydrogens is 388 g/mol. The summed E-state index contributed by atoms with van der Waals surface area (Å²) >= 11 is 0. The Morgan fingerprint density at radius 1 is 1.33 bits per heavy atom. The molecule has 7 heteroatoms. The van der Waals surface area contributed by atoms with Gasteiger partial charge in [0.15, 0.2) is 6.61 Å². The van der Waals surface area contributed by atoms with Gasteiger partial charge < -0.3 is 10.1 Å². The largest absolute Gasteiger partial charge is 0.470 e. The number of rotatable bonds is 7. The van der Waals surface area contributed by atoms with Crippen LogP contribution in [0.25, 0.3) is 6.08 Å². The molecule has 1 amide bonds. The first-order chi connectivity index (χ1) is 14.2. The number of amides is 1. The van der Waals surface area contributed by atoms with Crippen LogP contribution in [0.4, 0.5) is 8.78 Å². The number of carbonyl (C=O) groups excluding carboxylic acids is 1. The lowest BCUT2D eigenvalue weighted by atomic mass is 9.93. The monoisotopic (exact) mass is 413 g/mol. The average molecular weight is 413 g/mol. The third-order valence-electron chi connectivity index (χ3n) is 5.64. The molecule has 0 radical (unpaired) electrons. The molecule has 4 unspecified atom stereocenters. The Hall–Kier alpha value is -2.83. The maximum atomic E-state index is 12.9. The molecule has 4 atom stereocenters. The molecule has 2 aromatic rings. The molecule has 0 bridgehead atoms. The lowest BCUT2D eigenvalue weighted by Crippen LogP contribution is -2.29. The minimum atomic E-state index is -2.94. The number of allylic oxidation sites excluding steroid dienone is 1. The number of alkyl halides is 2. The Labute approximate surface area is 174 Å². The first-order valence-electron chi connectivity index (χ1n) is 10.2. The highest BCUT2D eigenvalue weighted by Gasteiger charge is 2.45. The molecule has 1 N–H and O–H groups in total. The van der Waals surface area contributed by atoms with Gasteiger partial charge in [0.2, 0.25) is 11.8 Å². The zero-order valence-corrected chi connectivity index (χ0v) is 17.2. The number of fused-ring (bicyclic) bond motifs is 1. The van der Waals surface area contributed by atoms with Gasteiger partial charge in [-0.2, -0.15) is 0 Å². The molecule has 0 spiro atoms. The summed E-state index contributed by atoms with van der Waals surface area (Å²) in [6.07, 6.45) is 7.92. The van der Waals surface area contributed by atoms with Crippen molar-refractivity contribution in [3.63, 3.8) is 0 Å². The minimum Gasteiger partial charge on any atom is -0.470 e. The van der Waals surface area contributed by atoms with Crippen molar-refractivity contribution in [2.45, 2.75) is 51.0 Å². The lowest BCUT2D eigenvalue weighted by Gasteiger charge is -2.15. The molecule has 1 aromatic carbocycles. The Morgan fingerprint density at radius 2 is 2.13 bits per heavy atom. The van der Waals surface area contributed by atoms with Gasteiger partial charge in [-0.05, 0) is 36.0 Å². The van der Waals surface area contributed by atoms with Crippen molar-refractivity contribution >= 4 is 12.0 Å². The molecule has 0 saturated heterocycles. The standard InChI is InChI=1S/C23H25F2N3O2/c1-13-7-8-15-5-4-6-16(21(13)15)17-9-18(17)22(29)28-14(2)19-10-27-20(11-26-19)30-12-23(3,24)25/h4-8,10-11,13-14,17-18H,9,12H2,1-3H3,(H,28,29). The number of hydrogen-bond donors (Lipinski definition) is 1. The fourth-order valence-corrected chi connectivity index (χ4v) is 3.99. The van der Waals surface area contributed by atoms with E-state index in [1.165, 1.54) is 29.1 Å². The van der Waals surface area contributed by atoms with Crippen LogP contribution in [0.1, 0.15) is 67.5 Å². The smallest absolute Gasteiger partial charge is 0.278 e.